The van der Waals surface area contributed by atoms with Crippen molar-refractivity contribution in [1.82, 2.24) is 0 Å². The molecule has 1 saturated heterocycles. The Hall–Kier alpha value is -0.740. The van der Waals surface area contributed by atoms with Crippen LogP contribution in [0.15, 0.2) is 24.3 Å². The average molecular weight is 282 g/mol. The predicted molar refractivity (Wildman–Crippen MR) is 82.4 cm³/mol. The zero-order chi connectivity index (χ0) is 13.9. The summed E-state index contributed by atoms with van der Waals surface area (Å²) in [6.45, 7) is 5.95. The molecule has 2 atom stereocenters. The second kappa shape index (κ2) is 6.14. The summed E-state index contributed by atoms with van der Waals surface area (Å²) in [5.74, 6) is 1.02. The third-order valence-electron chi connectivity index (χ3n) is 4.22. The molecule has 0 saturated carbocycles. The highest BCUT2D eigenvalue weighted by Gasteiger charge is 2.42. The topological polar surface area (TPSA) is 29.3 Å². The Balaban J connectivity index is 2.35. The van der Waals surface area contributed by atoms with E-state index in [-0.39, 0.29) is 11.4 Å². The lowest BCUT2D eigenvalue weighted by Gasteiger charge is -2.50. The number of thioether (sulfide) groups is 1. The molecular weight excluding hydrogens is 259 g/mol. The van der Waals surface area contributed by atoms with Gasteiger partial charge in [-0.3, -0.25) is 0 Å². The van der Waals surface area contributed by atoms with Gasteiger partial charge in [0.2, 0.25) is 0 Å². The van der Waals surface area contributed by atoms with Crippen LogP contribution in [0.3, 0.4) is 0 Å². The molecular formula is C15H23FN2S. The van der Waals surface area contributed by atoms with Crippen LogP contribution < -0.4 is 10.6 Å². The third-order valence-corrected chi connectivity index (χ3v) is 5.69. The van der Waals surface area contributed by atoms with E-state index in [2.05, 4.69) is 18.7 Å². The minimum atomic E-state index is -0.187. The second-order valence-electron chi connectivity index (χ2n) is 5.14. The Labute approximate surface area is 119 Å². The molecule has 0 amide bonds. The molecule has 1 aromatic rings. The molecule has 0 radical (unpaired) electrons. The van der Waals surface area contributed by atoms with Crippen LogP contribution in [-0.4, -0.2) is 29.6 Å². The summed E-state index contributed by atoms with van der Waals surface area (Å²) in [7, 11) is 0. The van der Waals surface area contributed by atoms with Crippen LogP contribution in [0.1, 0.15) is 26.7 Å². The molecule has 2 rings (SSSR count). The monoisotopic (exact) mass is 282 g/mol. The van der Waals surface area contributed by atoms with E-state index < -0.39 is 0 Å². The zero-order valence-corrected chi connectivity index (χ0v) is 12.5. The van der Waals surface area contributed by atoms with Gasteiger partial charge in [-0.2, -0.15) is 11.8 Å². The van der Waals surface area contributed by atoms with Gasteiger partial charge in [0.15, 0.2) is 0 Å². The summed E-state index contributed by atoms with van der Waals surface area (Å²) < 4.78 is 13.1. The maximum Gasteiger partial charge on any atom is 0.123 e. The van der Waals surface area contributed by atoms with E-state index in [4.69, 9.17) is 5.73 Å². The van der Waals surface area contributed by atoms with Crippen molar-refractivity contribution in [3.8, 4) is 0 Å². The van der Waals surface area contributed by atoms with Gasteiger partial charge in [0.1, 0.15) is 5.82 Å². The summed E-state index contributed by atoms with van der Waals surface area (Å²) in [6, 6.07) is 6.79. The number of rotatable bonds is 4. The van der Waals surface area contributed by atoms with Crippen molar-refractivity contribution >= 4 is 17.4 Å². The van der Waals surface area contributed by atoms with Crippen LogP contribution in [0.4, 0.5) is 10.1 Å². The quantitative estimate of drug-likeness (QED) is 0.919. The van der Waals surface area contributed by atoms with Crippen molar-refractivity contribution in [2.75, 3.05) is 23.7 Å². The normalized spacial score (nSPS) is 27.3. The van der Waals surface area contributed by atoms with Crippen LogP contribution in [0.2, 0.25) is 0 Å². The number of likely N-dealkylation sites (N-methyl/N-ethyl adjacent to an activating group) is 1. The summed E-state index contributed by atoms with van der Waals surface area (Å²) in [6.07, 6.45) is 2.31. The van der Waals surface area contributed by atoms with Crippen molar-refractivity contribution in [2.45, 2.75) is 37.5 Å². The Bertz CT molecular complexity index is 409. The maximum atomic E-state index is 13.1. The van der Waals surface area contributed by atoms with Crippen LogP contribution in [0.25, 0.3) is 0 Å². The van der Waals surface area contributed by atoms with Gasteiger partial charge < -0.3 is 10.6 Å². The Morgan fingerprint density at radius 1 is 1.42 bits per heavy atom. The second-order valence-corrected chi connectivity index (χ2v) is 6.59. The number of benzene rings is 1. The Kier molecular flexibility index (Phi) is 4.74. The first kappa shape index (κ1) is 14.7. The molecule has 106 valence electrons. The highest BCUT2D eigenvalue weighted by Crippen LogP contribution is 2.40. The van der Waals surface area contributed by atoms with Crippen molar-refractivity contribution in [2.24, 2.45) is 5.73 Å². The first-order chi connectivity index (χ1) is 9.14. The molecule has 1 aliphatic rings. The van der Waals surface area contributed by atoms with Crippen LogP contribution in [0.5, 0.6) is 0 Å². The summed E-state index contributed by atoms with van der Waals surface area (Å²) >= 11 is 2.00. The molecule has 0 aliphatic carbocycles. The SMILES string of the molecule is CCN(c1ccc(F)cc1)C1(CN)CCCSC1C. The van der Waals surface area contributed by atoms with Gasteiger partial charge in [-0.1, -0.05) is 6.92 Å². The molecule has 19 heavy (non-hydrogen) atoms. The molecule has 2 unspecified atom stereocenters. The van der Waals surface area contributed by atoms with Crippen molar-refractivity contribution in [1.29, 1.82) is 0 Å². The fourth-order valence-electron chi connectivity index (χ4n) is 3.11. The lowest BCUT2D eigenvalue weighted by atomic mass is 9.87. The molecule has 1 heterocycles. The first-order valence-corrected chi connectivity index (χ1v) is 8.04. The smallest absolute Gasteiger partial charge is 0.123 e. The molecule has 0 spiro atoms. The largest absolute Gasteiger partial charge is 0.364 e. The summed E-state index contributed by atoms with van der Waals surface area (Å²) in [5, 5.41) is 0.497. The van der Waals surface area contributed by atoms with E-state index in [1.54, 1.807) is 0 Å². The zero-order valence-electron chi connectivity index (χ0n) is 11.7. The number of anilines is 1. The molecule has 2 N–H and O–H groups in total. The fourth-order valence-corrected chi connectivity index (χ4v) is 4.42. The number of hydrogen-bond donors (Lipinski definition) is 1. The molecule has 0 aromatic heterocycles. The Morgan fingerprint density at radius 2 is 2.11 bits per heavy atom. The van der Waals surface area contributed by atoms with Gasteiger partial charge in [0, 0.05) is 24.0 Å². The minimum absolute atomic E-state index is 0.00447. The molecule has 0 bridgehead atoms. The van der Waals surface area contributed by atoms with Crippen LogP contribution >= 0.6 is 11.8 Å². The van der Waals surface area contributed by atoms with E-state index in [0.717, 1.165) is 18.7 Å². The lowest BCUT2D eigenvalue weighted by Crippen LogP contribution is -2.61. The van der Waals surface area contributed by atoms with E-state index in [1.165, 1.54) is 24.3 Å². The molecule has 1 aromatic carbocycles. The number of nitrogens with zero attached hydrogens (tertiary/aromatic N) is 1. The molecule has 2 nitrogen and oxygen atoms in total. The lowest BCUT2D eigenvalue weighted by molar-refractivity contribution is 0.355. The van der Waals surface area contributed by atoms with Gasteiger partial charge in [-0.15, -0.1) is 0 Å². The minimum Gasteiger partial charge on any atom is -0.364 e. The van der Waals surface area contributed by atoms with Gasteiger partial charge in [-0.05, 0) is 49.8 Å². The predicted octanol–water partition coefficient (Wildman–Crippen LogP) is 3.27. The van der Waals surface area contributed by atoms with Crippen molar-refractivity contribution in [3.63, 3.8) is 0 Å². The van der Waals surface area contributed by atoms with Crippen molar-refractivity contribution in [3.05, 3.63) is 30.1 Å². The number of nitrogens with two attached hydrogens (primary N) is 1. The van der Waals surface area contributed by atoms with Crippen molar-refractivity contribution < 1.29 is 4.39 Å². The first-order valence-electron chi connectivity index (χ1n) is 6.99. The Morgan fingerprint density at radius 3 is 2.63 bits per heavy atom. The molecule has 1 aliphatic heterocycles. The van der Waals surface area contributed by atoms with Gasteiger partial charge in [0.05, 0.1) is 5.54 Å². The third kappa shape index (κ3) is 2.75. The average Bonchev–Trinajstić information content (AvgIpc) is 2.44. The van der Waals surface area contributed by atoms with Crippen LogP contribution in [-0.2, 0) is 0 Å². The van der Waals surface area contributed by atoms with Crippen LogP contribution in [0, 0.1) is 5.82 Å². The number of hydrogen-bond acceptors (Lipinski definition) is 3. The summed E-state index contributed by atoms with van der Waals surface area (Å²) in [5.41, 5.74) is 7.21. The van der Waals surface area contributed by atoms with E-state index in [1.807, 2.05) is 23.9 Å². The van der Waals surface area contributed by atoms with Gasteiger partial charge in [-0.25, -0.2) is 4.39 Å². The fraction of sp³-hybridized carbons (Fsp3) is 0.600. The summed E-state index contributed by atoms with van der Waals surface area (Å²) in [4.78, 5) is 2.36. The van der Waals surface area contributed by atoms with E-state index in [0.29, 0.717) is 11.8 Å². The molecule has 1 fully saturated rings. The maximum absolute atomic E-state index is 13.1. The van der Waals surface area contributed by atoms with Gasteiger partial charge >= 0.3 is 0 Å². The highest BCUT2D eigenvalue weighted by molar-refractivity contribution is 8.00. The molecule has 4 heteroatoms. The van der Waals surface area contributed by atoms with E-state index in [9.17, 15) is 4.39 Å². The number of halogens is 1. The standard InChI is InChI=1S/C15H23FN2S/c1-3-18(14-7-5-13(16)6-8-14)15(11-17)9-4-10-19-12(15)2/h5-8,12H,3-4,9-11,17H2,1-2H3. The van der Waals surface area contributed by atoms with E-state index >= 15 is 0 Å². The highest BCUT2D eigenvalue weighted by atomic mass is 32.2. The van der Waals surface area contributed by atoms with Gasteiger partial charge in [0.25, 0.3) is 0 Å².